The van der Waals surface area contributed by atoms with E-state index in [9.17, 15) is 9.59 Å². The van der Waals surface area contributed by atoms with Gasteiger partial charge in [-0.2, -0.15) is 0 Å². The number of nitrogens with zero attached hydrogens (tertiary/aromatic N) is 1. The average Bonchev–Trinajstić information content (AvgIpc) is 2.35. The lowest BCUT2D eigenvalue weighted by Crippen LogP contribution is -2.21. The molecule has 1 aromatic rings. The number of carbonyl (C=O) groups excluding carboxylic acids is 1. The van der Waals surface area contributed by atoms with Crippen molar-refractivity contribution < 1.29 is 9.53 Å². The monoisotopic (exact) mass is 187 g/mol. The SMILES string of the molecule is COC(=O)Cn1c(C)csc1=O. The van der Waals surface area contributed by atoms with Crippen molar-refractivity contribution in [2.45, 2.75) is 13.5 Å². The van der Waals surface area contributed by atoms with Crippen LogP contribution in [0.4, 0.5) is 0 Å². The van der Waals surface area contributed by atoms with Gasteiger partial charge in [0.1, 0.15) is 6.54 Å². The summed E-state index contributed by atoms with van der Waals surface area (Å²) < 4.78 is 5.82. The first-order chi connectivity index (χ1) is 5.65. The van der Waals surface area contributed by atoms with Crippen LogP contribution in [-0.2, 0) is 16.1 Å². The molecule has 0 saturated heterocycles. The molecular formula is C7H9NO3S. The first kappa shape index (κ1) is 8.99. The molecule has 4 nitrogen and oxygen atoms in total. The molecule has 0 aliphatic rings. The molecule has 0 saturated carbocycles. The number of rotatable bonds is 2. The minimum Gasteiger partial charge on any atom is -0.468 e. The third-order valence-corrected chi connectivity index (χ3v) is 2.37. The number of aromatic nitrogens is 1. The molecule has 0 atom stereocenters. The third kappa shape index (κ3) is 1.73. The molecule has 66 valence electrons. The summed E-state index contributed by atoms with van der Waals surface area (Å²) in [5.74, 6) is -0.404. The highest BCUT2D eigenvalue weighted by atomic mass is 32.1. The van der Waals surface area contributed by atoms with Gasteiger partial charge < -0.3 is 4.74 Å². The maximum Gasteiger partial charge on any atom is 0.325 e. The predicted molar refractivity (Wildman–Crippen MR) is 45.3 cm³/mol. The lowest BCUT2D eigenvalue weighted by molar-refractivity contribution is -0.141. The first-order valence-electron chi connectivity index (χ1n) is 3.37. The molecule has 0 fully saturated rings. The summed E-state index contributed by atoms with van der Waals surface area (Å²) in [5, 5.41) is 1.71. The fourth-order valence-electron chi connectivity index (χ4n) is 0.790. The van der Waals surface area contributed by atoms with E-state index < -0.39 is 5.97 Å². The van der Waals surface area contributed by atoms with E-state index in [-0.39, 0.29) is 11.4 Å². The summed E-state index contributed by atoms with van der Waals surface area (Å²) >= 11 is 1.08. The summed E-state index contributed by atoms with van der Waals surface area (Å²) in [5.41, 5.74) is 0.787. The van der Waals surface area contributed by atoms with Crippen LogP contribution in [0.2, 0.25) is 0 Å². The number of esters is 1. The summed E-state index contributed by atoms with van der Waals surface area (Å²) in [4.78, 5) is 21.7. The van der Waals surface area contributed by atoms with Crippen molar-refractivity contribution in [2.75, 3.05) is 7.11 Å². The Labute approximate surface area is 73.4 Å². The maximum atomic E-state index is 11.1. The molecule has 1 heterocycles. The molecule has 0 aromatic carbocycles. The molecular weight excluding hydrogens is 178 g/mol. The first-order valence-corrected chi connectivity index (χ1v) is 4.25. The topological polar surface area (TPSA) is 48.3 Å². The minimum atomic E-state index is -0.404. The molecule has 0 unspecified atom stereocenters. The van der Waals surface area contributed by atoms with Crippen LogP contribution in [-0.4, -0.2) is 17.6 Å². The normalized spacial score (nSPS) is 9.83. The van der Waals surface area contributed by atoms with Crippen LogP contribution in [0.1, 0.15) is 5.69 Å². The lowest BCUT2D eigenvalue weighted by atomic mass is 10.5. The van der Waals surface area contributed by atoms with Gasteiger partial charge in [-0.3, -0.25) is 14.2 Å². The zero-order valence-electron chi connectivity index (χ0n) is 6.86. The molecule has 0 radical (unpaired) electrons. The van der Waals surface area contributed by atoms with Crippen molar-refractivity contribution in [3.63, 3.8) is 0 Å². The summed E-state index contributed by atoms with van der Waals surface area (Å²) in [6, 6.07) is 0. The van der Waals surface area contributed by atoms with Gasteiger partial charge in [-0.25, -0.2) is 0 Å². The Kier molecular flexibility index (Phi) is 2.65. The van der Waals surface area contributed by atoms with Gasteiger partial charge in [0.15, 0.2) is 0 Å². The summed E-state index contributed by atoms with van der Waals surface area (Å²) in [6.45, 7) is 1.78. The molecule has 0 amide bonds. The number of aryl methyl sites for hydroxylation is 1. The number of methoxy groups -OCH3 is 1. The van der Waals surface area contributed by atoms with Gasteiger partial charge in [0.2, 0.25) is 0 Å². The van der Waals surface area contributed by atoms with Crippen molar-refractivity contribution in [3.8, 4) is 0 Å². The van der Waals surface area contributed by atoms with E-state index >= 15 is 0 Å². The van der Waals surface area contributed by atoms with Gasteiger partial charge in [-0.05, 0) is 6.92 Å². The van der Waals surface area contributed by atoms with Crippen LogP contribution in [0, 0.1) is 6.92 Å². The molecule has 12 heavy (non-hydrogen) atoms. The Morgan fingerprint density at radius 1 is 1.75 bits per heavy atom. The van der Waals surface area contributed by atoms with Gasteiger partial charge in [0.25, 0.3) is 0 Å². The van der Waals surface area contributed by atoms with Crippen LogP contribution >= 0.6 is 11.3 Å². The second-order valence-corrected chi connectivity index (χ2v) is 3.13. The third-order valence-electron chi connectivity index (χ3n) is 1.49. The van der Waals surface area contributed by atoms with Crippen LogP contribution in [0.15, 0.2) is 10.2 Å². The molecule has 0 aliphatic heterocycles. The van der Waals surface area contributed by atoms with Crippen molar-refractivity contribution in [3.05, 3.63) is 20.7 Å². The molecule has 0 spiro atoms. The molecule has 1 aromatic heterocycles. The summed E-state index contributed by atoms with van der Waals surface area (Å²) in [7, 11) is 1.30. The zero-order valence-corrected chi connectivity index (χ0v) is 7.68. The van der Waals surface area contributed by atoms with Crippen LogP contribution < -0.4 is 4.87 Å². The number of hydrogen-bond acceptors (Lipinski definition) is 4. The van der Waals surface area contributed by atoms with E-state index in [1.54, 1.807) is 12.3 Å². The van der Waals surface area contributed by atoms with Crippen LogP contribution in [0.3, 0.4) is 0 Å². The Bertz CT molecular complexity index is 339. The van der Waals surface area contributed by atoms with E-state index in [1.165, 1.54) is 11.7 Å². The number of ether oxygens (including phenoxy) is 1. The highest BCUT2D eigenvalue weighted by Gasteiger charge is 2.07. The fourth-order valence-corrected chi connectivity index (χ4v) is 1.52. The largest absolute Gasteiger partial charge is 0.468 e. The quantitative estimate of drug-likeness (QED) is 0.629. The van der Waals surface area contributed by atoms with Gasteiger partial charge in [0.05, 0.1) is 7.11 Å². The molecule has 1 rings (SSSR count). The van der Waals surface area contributed by atoms with Crippen LogP contribution in [0.25, 0.3) is 0 Å². The standard InChI is InChI=1S/C7H9NO3S/c1-5-4-12-7(10)8(5)3-6(9)11-2/h4H,3H2,1-2H3. The number of carbonyl (C=O) groups is 1. The van der Waals surface area contributed by atoms with Gasteiger partial charge >= 0.3 is 10.8 Å². The molecule has 0 N–H and O–H groups in total. The second-order valence-electron chi connectivity index (χ2n) is 2.31. The Hall–Kier alpha value is -1.10. The molecule has 0 bridgehead atoms. The van der Waals surface area contributed by atoms with E-state index in [2.05, 4.69) is 4.74 Å². The van der Waals surface area contributed by atoms with E-state index in [4.69, 9.17) is 0 Å². The van der Waals surface area contributed by atoms with Crippen molar-refractivity contribution in [2.24, 2.45) is 0 Å². The molecule has 5 heteroatoms. The van der Waals surface area contributed by atoms with E-state index in [0.717, 1.165) is 17.0 Å². The van der Waals surface area contributed by atoms with E-state index in [0.29, 0.717) is 0 Å². The Morgan fingerprint density at radius 3 is 2.83 bits per heavy atom. The van der Waals surface area contributed by atoms with Crippen molar-refractivity contribution >= 4 is 17.3 Å². The van der Waals surface area contributed by atoms with Gasteiger partial charge in [-0.1, -0.05) is 11.3 Å². The van der Waals surface area contributed by atoms with Crippen molar-refractivity contribution in [1.29, 1.82) is 0 Å². The zero-order chi connectivity index (χ0) is 9.14. The van der Waals surface area contributed by atoms with E-state index in [1.807, 2.05) is 0 Å². The number of hydrogen-bond donors (Lipinski definition) is 0. The van der Waals surface area contributed by atoms with Crippen molar-refractivity contribution in [1.82, 2.24) is 4.57 Å². The lowest BCUT2D eigenvalue weighted by Gasteiger charge is -2.00. The minimum absolute atomic E-state index is 0.00463. The smallest absolute Gasteiger partial charge is 0.325 e. The highest BCUT2D eigenvalue weighted by molar-refractivity contribution is 7.07. The Morgan fingerprint density at radius 2 is 2.42 bits per heavy atom. The number of thiazole rings is 1. The average molecular weight is 187 g/mol. The van der Waals surface area contributed by atoms with Gasteiger partial charge in [-0.15, -0.1) is 0 Å². The highest BCUT2D eigenvalue weighted by Crippen LogP contribution is 1.99. The Balaban J connectivity index is 2.88. The second kappa shape index (κ2) is 3.53. The van der Waals surface area contributed by atoms with Crippen LogP contribution in [0.5, 0.6) is 0 Å². The molecule has 0 aliphatic carbocycles. The van der Waals surface area contributed by atoms with Gasteiger partial charge in [0, 0.05) is 11.1 Å². The summed E-state index contributed by atoms with van der Waals surface area (Å²) in [6.07, 6.45) is 0. The fraction of sp³-hybridized carbons (Fsp3) is 0.429. The maximum absolute atomic E-state index is 11.1. The predicted octanol–water partition coefficient (Wildman–Crippen LogP) is 0.391.